The average molecular weight is 337 g/mol. The maximum Gasteiger partial charge on any atom is 0.398 e. The van der Waals surface area contributed by atoms with Crippen LogP contribution >= 0.6 is 0 Å². The Balaban J connectivity index is 2.70. The molecule has 0 spiro atoms. The molecule has 2 nitrogen and oxygen atoms in total. The third kappa shape index (κ3) is 8.57. The molecule has 0 aromatic heterocycles. The second-order valence-electron chi connectivity index (χ2n) is 6.38. The molecular formula is C20H36O2Si. The maximum absolute atomic E-state index is 6.52. The molecule has 1 rings (SSSR count). The van der Waals surface area contributed by atoms with E-state index in [1.54, 1.807) is 0 Å². The Morgan fingerprint density at radius 3 is 1.78 bits per heavy atom. The van der Waals surface area contributed by atoms with Crippen molar-refractivity contribution >= 4 is 8.56 Å². The van der Waals surface area contributed by atoms with E-state index >= 15 is 0 Å². The fraction of sp³-hybridized carbons (Fsp3) is 0.700. The molecule has 1 aromatic carbocycles. The molecular weight excluding hydrogens is 300 g/mol. The van der Waals surface area contributed by atoms with Gasteiger partial charge in [0.1, 0.15) is 5.75 Å². The molecule has 0 bridgehead atoms. The van der Waals surface area contributed by atoms with Crippen LogP contribution in [0, 0.1) is 0 Å². The van der Waals surface area contributed by atoms with Gasteiger partial charge in [0.25, 0.3) is 0 Å². The summed E-state index contributed by atoms with van der Waals surface area (Å²) in [4.78, 5) is 0. The van der Waals surface area contributed by atoms with Gasteiger partial charge in [-0.05, 0) is 19.1 Å². The van der Waals surface area contributed by atoms with E-state index in [9.17, 15) is 0 Å². The molecule has 0 aliphatic carbocycles. The molecule has 0 saturated carbocycles. The second-order valence-corrected chi connectivity index (χ2v) is 9.69. The zero-order valence-electron chi connectivity index (χ0n) is 15.5. The van der Waals surface area contributed by atoms with Crippen molar-refractivity contribution in [2.24, 2.45) is 0 Å². The Morgan fingerprint density at radius 2 is 1.30 bits per heavy atom. The summed E-state index contributed by atoms with van der Waals surface area (Å²) in [6.07, 6.45) is 10.3. The van der Waals surface area contributed by atoms with Crippen LogP contribution in [-0.4, -0.2) is 15.2 Å². The normalized spacial score (nSPS) is 11.6. The van der Waals surface area contributed by atoms with E-state index in [2.05, 4.69) is 45.0 Å². The Bertz CT molecular complexity index is 368. The van der Waals surface area contributed by atoms with Gasteiger partial charge in [-0.1, -0.05) is 83.4 Å². The Morgan fingerprint density at radius 1 is 0.739 bits per heavy atom. The summed E-state index contributed by atoms with van der Waals surface area (Å²) in [6.45, 7) is 7.39. The van der Waals surface area contributed by atoms with Gasteiger partial charge in [0.05, 0.1) is 0 Å². The highest BCUT2D eigenvalue weighted by Crippen LogP contribution is 2.28. The first-order valence-electron chi connectivity index (χ1n) is 9.64. The van der Waals surface area contributed by atoms with Gasteiger partial charge in [-0.3, -0.25) is 0 Å². The first kappa shape index (κ1) is 20.2. The van der Waals surface area contributed by atoms with E-state index in [-0.39, 0.29) is 0 Å². The molecule has 0 heterocycles. The minimum absolute atomic E-state index is 0.764. The molecule has 0 fully saturated rings. The predicted octanol–water partition coefficient (Wildman–Crippen LogP) is 6.70. The number of benzene rings is 1. The number of hydrogen-bond donors (Lipinski definition) is 0. The molecule has 23 heavy (non-hydrogen) atoms. The third-order valence-corrected chi connectivity index (χ3v) is 7.93. The van der Waals surface area contributed by atoms with Crippen molar-refractivity contribution in [2.45, 2.75) is 84.2 Å². The van der Waals surface area contributed by atoms with Gasteiger partial charge >= 0.3 is 8.56 Å². The monoisotopic (exact) mass is 336 g/mol. The van der Waals surface area contributed by atoms with Gasteiger partial charge < -0.3 is 8.85 Å². The van der Waals surface area contributed by atoms with Crippen LogP contribution < -0.4 is 4.43 Å². The van der Waals surface area contributed by atoms with E-state index in [0.29, 0.717) is 0 Å². The Hall–Kier alpha value is -0.803. The van der Waals surface area contributed by atoms with Gasteiger partial charge in [0.15, 0.2) is 0 Å². The first-order chi connectivity index (χ1) is 11.3. The molecule has 132 valence electrons. The Kier molecular flexibility index (Phi) is 11.1. The standard InChI is InChI=1S/C20H36O2Si/c1-4-7-9-14-18-23(21-6-3,19-15-10-8-5-2)22-20-16-12-11-13-17-20/h11-13,16-17H,4-10,14-15,18-19H2,1-3H3. The van der Waals surface area contributed by atoms with Crippen molar-refractivity contribution in [3.63, 3.8) is 0 Å². The van der Waals surface area contributed by atoms with Gasteiger partial charge in [0, 0.05) is 18.7 Å². The molecule has 0 unspecified atom stereocenters. The summed E-state index contributed by atoms with van der Waals surface area (Å²) in [5.74, 6) is 0.985. The first-order valence-corrected chi connectivity index (χ1v) is 11.9. The summed E-state index contributed by atoms with van der Waals surface area (Å²) in [5.41, 5.74) is 0. The van der Waals surface area contributed by atoms with Gasteiger partial charge in [-0.2, -0.15) is 0 Å². The average Bonchev–Trinajstić information content (AvgIpc) is 2.57. The number of unbranched alkanes of at least 4 members (excludes halogenated alkanes) is 6. The van der Waals surface area contributed by atoms with Crippen LogP contribution in [0.2, 0.25) is 12.1 Å². The van der Waals surface area contributed by atoms with Gasteiger partial charge in [-0.25, -0.2) is 0 Å². The fourth-order valence-corrected chi connectivity index (χ4v) is 6.48. The van der Waals surface area contributed by atoms with E-state index in [1.807, 2.05) is 6.07 Å². The highest BCUT2D eigenvalue weighted by molar-refractivity contribution is 6.68. The van der Waals surface area contributed by atoms with Gasteiger partial charge in [0.2, 0.25) is 0 Å². The van der Waals surface area contributed by atoms with Crippen LogP contribution in [0.15, 0.2) is 30.3 Å². The zero-order valence-corrected chi connectivity index (χ0v) is 16.5. The molecule has 3 heteroatoms. The van der Waals surface area contributed by atoms with Crippen molar-refractivity contribution in [1.82, 2.24) is 0 Å². The quantitative estimate of drug-likeness (QED) is 0.278. The molecule has 0 aliphatic heterocycles. The van der Waals surface area contributed by atoms with E-state index < -0.39 is 8.56 Å². The molecule has 0 N–H and O–H groups in total. The lowest BCUT2D eigenvalue weighted by atomic mass is 10.2. The Labute approximate surface area is 144 Å². The maximum atomic E-state index is 6.52. The molecule has 1 aromatic rings. The van der Waals surface area contributed by atoms with Gasteiger partial charge in [-0.15, -0.1) is 0 Å². The van der Waals surface area contributed by atoms with E-state index in [4.69, 9.17) is 8.85 Å². The second kappa shape index (κ2) is 12.6. The predicted molar refractivity (Wildman–Crippen MR) is 102 cm³/mol. The summed E-state index contributed by atoms with van der Waals surface area (Å²) in [6, 6.07) is 12.5. The third-order valence-electron chi connectivity index (χ3n) is 4.28. The largest absolute Gasteiger partial charge is 0.520 e. The van der Waals surface area contributed by atoms with E-state index in [1.165, 1.54) is 51.4 Å². The number of rotatable bonds is 14. The van der Waals surface area contributed by atoms with Crippen molar-refractivity contribution in [3.8, 4) is 5.75 Å². The van der Waals surface area contributed by atoms with Crippen LogP contribution in [0.5, 0.6) is 5.75 Å². The molecule has 0 aliphatic rings. The number of para-hydroxylation sites is 1. The van der Waals surface area contributed by atoms with Crippen molar-refractivity contribution in [2.75, 3.05) is 6.61 Å². The van der Waals surface area contributed by atoms with Crippen LogP contribution in [0.4, 0.5) is 0 Å². The molecule has 0 radical (unpaired) electrons. The summed E-state index contributed by atoms with van der Waals surface area (Å²) in [5, 5.41) is 0. The zero-order chi connectivity index (χ0) is 16.8. The molecule has 0 atom stereocenters. The van der Waals surface area contributed by atoms with Crippen molar-refractivity contribution in [1.29, 1.82) is 0 Å². The SMILES string of the molecule is CCCCCC[Si](CCCCCC)(OCC)Oc1ccccc1. The lowest BCUT2D eigenvalue weighted by Crippen LogP contribution is -2.45. The highest BCUT2D eigenvalue weighted by Gasteiger charge is 2.38. The lowest BCUT2D eigenvalue weighted by molar-refractivity contribution is 0.246. The van der Waals surface area contributed by atoms with E-state index in [0.717, 1.165) is 24.4 Å². The van der Waals surface area contributed by atoms with Crippen LogP contribution in [0.25, 0.3) is 0 Å². The van der Waals surface area contributed by atoms with Crippen LogP contribution in [0.1, 0.15) is 72.1 Å². The summed E-state index contributed by atoms with van der Waals surface area (Å²) >= 11 is 0. The number of hydrogen-bond acceptors (Lipinski definition) is 2. The topological polar surface area (TPSA) is 18.5 Å². The minimum atomic E-state index is -2.14. The highest BCUT2D eigenvalue weighted by atomic mass is 28.4. The van der Waals surface area contributed by atoms with Crippen LogP contribution in [0.3, 0.4) is 0 Å². The van der Waals surface area contributed by atoms with Crippen molar-refractivity contribution < 1.29 is 8.85 Å². The molecule has 0 saturated heterocycles. The molecule has 0 amide bonds. The smallest absolute Gasteiger partial charge is 0.398 e. The minimum Gasteiger partial charge on any atom is -0.520 e. The van der Waals surface area contributed by atoms with Crippen molar-refractivity contribution in [3.05, 3.63) is 30.3 Å². The summed E-state index contributed by atoms with van der Waals surface area (Å²) in [7, 11) is -2.14. The van der Waals surface area contributed by atoms with Crippen LogP contribution in [-0.2, 0) is 4.43 Å². The lowest BCUT2D eigenvalue weighted by Gasteiger charge is -2.31. The summed E-state index contributed by atoms with van der Waals surface area (Å²) < 4.78 is 12.8. The fourth-order valence-electron chi connectivity index (χ4n) is 3.01.